The van der Waals surface area contributed by atoms with Crippen molar-refractivity contribution in [3.05, 3.63) is 35.4 Å². The first-order valence-corrected chi connectivity index (χ1v) is 5.65. The molecule has 0 heterocycles. The highest BCUT2D eigenvalue weighted by Gasteiger charge is 2.13. The average Bonchev–Trinajstić information content (AvgIpc) is 2.18. The smallest absolute Gasteiger partial charge is 0.384 e. The Morgan fingerprint density at radius 3 is 2.53 bits per heavy atom. The zero-order chi connectivity index (χ0) is 12.9. The maximum Gasteiger partial charge on any atom is 0.384 e. The van der Waals surface area contributed by atoms with E-state index in [1.54, 1.807) is 0 Å². The molecule has 0 bridgehead atoms. The van der Waals surface area contributed by atoms with Crippen LogP contribution in [0.4, 0.5) is 0 Å². The molecule has 1 rings (SSSR count). The first kappa shape index (κ1) is 13.3. The molecule has 0 spiro atoms. The summed E-state index contributed by atoms with van der Waals surface area (Å²) in [7, 11) is 0. The highest BCUT2D eigenvalue weighted by molar-refractivity contribution is 5.88. The molecule has 0 aliphatic rings. The van der Waals surface area contributed by atoms with E-state index in [1.165, 1.54) is 5.56 Å². The highest BCUT2D eigenvalue weighted by atomic mass is 16.6. The van der Waals surface area contributed by atoms with Gasteiger partial charge in [0.2, 0.25) is 0 Å². The minimum absolute atomic E-state index is 0.467. The molecule has 0 aliphatic heterocycles. The van der Waals surface area contributed by atoms with Gasteiger partial charge in [-0.3, -0.25) is 0 Å². The van der Waals surface area contributed by atoms with Gasteiger partial charge in [-0.1, -0.05) is 30.2 Å². The number of ether oxygens (including phenoxy) is 1. The summed E-state index contributed by atoms with van der Waals surface area (Å²) in [5, 5.41) is 0. The minimum Gasteiger partial charge on any atom is -0.450 e. The van der Waals surface area contributed by atoms with Gasteiger partial charge in [0, 0.05) is 12.3 Å². The van der Waals surface area contributed by atoms with Gasteiger partial charge >= 0.3 is 5.97 Å². The number of aryl methyl sites for hydroxylation is 1. The van der Waals surface area contributed by atoms with Crippen molar-refractivity contribution >= 4 is 5.97 Å². The van der Waals surface area contributed by atoms with Gasteiger partial charge in [-0.15, -0.1) is 0 Å². The molecule has 1 aromatic carbocycles. The molecular weight excluding hydrogens is 212 g/mol. The molecule has 0 fully saturated rings. The highest BCUT2D eigenvalue weighted by Crippen LogP contribution is 2.08. The average molecular weight is 230 g/mol. The van der Waals surface area contributed by atoms with Crippen LogP contribution in [0.3, 0.4) is 0 Å². The molecule has 0 N–H and O–H groups in total. The number of hydrogen-bond donors (Lipinski definition) is 0. The molecule has 2 nitrogen and oxygen atoms in total. The third kappa shape index (κ3) is 5.21. The van der Waals surface area contributed by atoms with E-state index in [9.17, 15) is 4.79 Å². The second-order valence-electron chi connectivity index (χ2n) is 4.91. The maximum atomic E-state index is 11.3. The lowest BCUT2D eigenvalue weighted by molar-refractivity contribution is -0.147. The van der Waals surface area contributed by atoms with Crippen molar-refractivity contribution < 1.29 is 9.53 Å². The van der Waals surface area contributed by atoms with Gasteiger partial charge in [0.05, 0.1) is 0 Å². The summed E-state index contributed by atoms with van der Waals surface area (Å²) >= 11 is 0. The van der Waals surface area contributed by atoms with E-state index in [4.69, 9.17) is 4.74 Å². The Bertz CT molecular complexity index is 456. The molecule has 0 amide bonds. The van der Waals surface area contributed by atoms with Gasteiger partial charge in [-0.2, -0.15) is 0 Å². The molecule has 0 unspecified atom stereocenters. The number of esters is 1. The van der Waals surface area contributed by atoms with Crippen molar-refractivity contribution in [2.75, 3.05) is 0 Å². The molecule has 0 aromatic heterocycles. The summed E-state index contributed by atoms with van der Waals surface area (Å²) < 4.78 is 5.09. The fourth-order valence-electron chi connectivity index (χ4n) is 1.32. The normalized spacial score (nSPS) is 10.4. The number of carbonyl (C=O) groups is 1. The van der Waals surface area contributed by atoms with Crippen molar-refractivity contribution in [3.8, 4) is 11.8 Å². The van der Waals surface area contributed by atoms with Gasteiger partial charge in [-0.25, -0.2) is 4.79 Å². The minimum atomic E-state index is -0.478. The molecule has 0 saturated carbocycles. The number of rotatable bonds is 1. The summed E-state index contributed by atoms with van der Waals surface area (Å²) in [6.07, 6.45) is 0.575. The Morgan fingerprint density at radius 1 is 1.29 bits per heavy atom. The molecule has 0 saturated heterocycles. The van der Waals surface area contributed by atoms with Crippen LogP contribution in [0.5, 0.6) is 0 Å². The van der Waals surface area contributed by atoms with Crippen molar-refractivity contribution in [1.29, 1.82) is 0 Å². The topological polar surface area (TPSA) is 26.3 Å². The summed E-state index contributed by atoms with van der Waals surface area (Å²) in [6, 6.07) is 8.00. The molecule has 2 heteroatoms. The zero-order valence-corrected chi connectivity index (χ0v) is 10.8. The molecule has 1 aromatic rings. The van der Waals surface area contributed by atoms with E-state index in [0.29, 0.717) is 6.42 Å². The number of carbonyl (C=O) groups excluding carboxylic acids is 1. The van der Waals surface area contributed by atoms with Crippen LogP contribution in [0, 0.1) is 18.8 Å². The first-order chi connectivity index (χ1) is 7.88. The van der Waals surface area contributed by atoms with Crippen LogP contribution in [-0.2, 0) is 16.0 Å². The lowest BCUT2D eigenvalue weighted by Crippen LogP contribution is -2.22. The molecule has 17 heavy (non-hydrogen) atoms. The monoisotopic (exact) mass is 230 g/mol. The van der Waals surface area contributed by atoms with Gasteiger partial charge in [-0.05, 0) is 38.8 Å². The van der Waals surface area contributed by atoms with Crippen LogP contribution in [0.1, 0.15) is 31.9 Å². The first-order valence-electron chi connectivity index (χ1n) is 5.65. The van der Waals surface area contributed by atoms with Crippen molar-refractivity contribution in [3.63, 3.8) is 0 Å². The Hall–Kier alpha value is -1.75. The van der Waals surface area contributed by atoms with E-state index in [-0.39, 0.29) is 0 Å². The third-order valence-electron chi connectivity index (χ3n) is 2.13. The number of hydrogen-bond acceptors (Lipinski definition) is 2. The van der Waals surface area contributed by atoms with Crippen LogP contribution >= 0.6 is 0 Å². The molecular formula is C15H18O2. The van der Waals surface area contributed by atoms with Crippen LogP contribution in [-0.4, -0.2) is 11.6 Å². The fourth-order valence-corrected chi connectivity index (χ4v) is 1.32. The van der Waals surface area contributed by atoms with E-state index >= 15 is 0 Å². The Kier molecular flexibility index (Phi) is 4.34. The van der Waals surface area contributed by atoms with Gasteiger partial charge in [0.15, 0.2) is 0 Å². The molecule has 90 valence electrons. The van der Waals surface area contributed by atoms with E-state index < -0.39 is 11.6 Å². The predicted molar refractivity (Wildman–Crippen MR) is 68.5 cm³/mol. The van der Waals surface area contributed by atoms with Crippen LogP contribution in [0.25, 0.3) is 0 Å². The van der Waals surface area contributed by atoms with Crippen LogP contribution < -0.4 is 0 Å². The summed E-state index contributed by atoms with van der Waals surface area (Å²) in [5.74, 6) is 4.88. The standard InChI is InChI=1S/C15H18O2/c1-12-8-5-6-9-13(12)10-7-11-14(16)17-15(2,3)4/h5-6,8-9H,10H2,1-4H3. The predicted octanol–water partition coefficient (Wildman–Crippen LogP) is 2.88. The molecule has 0 aliphatic carbocycles. The van der Waals surface area contributed by atoms with E-state index in [1.807, 2.05) is 52.0 Å². The van der Waals surface area contributed by atoms with Gasteiger partial charge < -0.3 is 4.74 Å². The quantitative estimate of drug-likeness (QED) is 0.421. The van der Waals surface area contributed by atoms with E-state index in [0.717, 1.165) is 5.56 Å². The zero-order valence-electron chi connectivity index (χ0n) is 10.8. The largest absolute Gasteiger partial charge is 0.450 e. The Morgan fingerprint density at radius 2 is 1.94 bits per heavy atom. The van der Waals surface area contributed by atoms with E-state index in [2.05, 4.69) is 11.8 Å². The molecule has 0 atom stereocenters. The van der Waals surface area contributed by atoms with Crippen molar-refractivity contribution in [2.24, 2.45) is 0 Å². The fraction of sp³-hybridized carbons (Fsp3) is 0.400. The maximum absolute atomic E-state index is 11.3. The van der Waals surface area contributed by atoms with Gasteiger partial charge in [0.25, 0.3) is 0 Å². The van der Waals surface area contributed by atoms with Crippen LogP contribution in [0.2, 0.25) is 0 Å². The summed E-state index contributed by atoms with van der Waals surface area (Å²) in [6.45, 7) is 7.51. The summed E-state index contributed by atoms with van der Waals surface area (Å²) in [5.41, 5.74) is 1.85. The second kappa shape index (κ2) is 5.54. The third-order valence-corrected chi connectivity index (χ3v) is 2.13. The summed E-state index contributed by atoms with van der Waals surface area (Å²) in [4.78, 5) is 11.3. The Balaban J connectivity index is 2.58. The Labute approximate surface area is 103 Å². The van der Waals surface area contributed by atoms with Crippen molar-refractivity contribution in [1.82, 2.24) is 0 Å². The van der Waals surface area contributed by atoms with Crippen LogP contribution in [0.15, 0.2) is 24.3 Å². The molecule has 0 radical (unpaired) electrons. The lowest BCUT2D eigenvalue weighted by Gasteiger charge is -2.16. The second-order valence-corrected chi connectivity index (χ2v) is 4.91. The number of benzene rings is 1. The van der Waals surface area contributed by atoms with Gasteiger partial charge in [0.1, 0.15) is 5.60 Å². The SMILES string of the molecule is Cc1ccccc1CC#CC(=O)OC(C)(C)C. The lowest BCUT2D eigenvalue weighted by atomic mass is 10.1. The van der Waals surface area contributed by atoms with Crippen molar-refractivity contribution in [2.45, 2.75) is 39.7 Å².